The number of rotatable bonds is 4. The number of allylic oxidation sites excluding steroid dienone is 1. The fourth-order valence-corrected chi connectivity index (χ4v) is 3.60. The lowest BCUT2D eigenvalue weighted by Crippen LogP contribution is -2.20. The van der Waals surface area contributed by atoms with Crippen molar-refractivity contribution >= 4 is 23.5 Å². The molecule has 2 heterocycles. The third-order valence-electron chi connectivity index (χ3n) is 5.23. The van der Waals surface area contributed by atoms with Crippen LogP contribution in [-0.2, 0) is 0 Å². The fraction of sp³-hybridized carbons (Fsp3) is 0.0800. The Morgan fingerprint density at radius 1 is 0.935 bits per heavy atom. The highest BCUT2D eigenvalue weighted by Crippen LogP contribution is 2.33. The van der Waals surface area contributed by atoms with Crippen LogP contribution in [0.15, 0.2) is 91.0 Å². The highest BCUT2D eigenvalue weighted by atomic mass is 16.1. The van der Waals surface area contributed by atoms with Gasteiger partial charge in [0.25, 0.3) is 11.9 Å². The molecule has 0 saturated carbocycles. The molecule has 1 amide bonds. The Hall–Kier alpha value is -4.19. The maximum atomic E-state index is 12.6. The second-order valence-electron chi connectivity index (χ2n) is 7.45. The summed E-state index contributed by atoms with van der Waals surface area (Å²) in [5.74, 6) is 0.596. The van der Waals surface area contributed by atoms with Gasteiger partial charge in [0, 0.05) is 11.3 Å². The minimum absolute atomic E-state index is 0.151. The number of carbonyl (C=O) groups is 1. The molecule has 1 aliphatic heterocycles. The van der Waals surface area contributed by atoms with Gasteiger partial charge in [0.2, 0.25) is 5.95 Å². The lowest BCUT2D eigenvalue weighted by Gasteiger charge is -2.24. The summed E-state index contributed by atoms with van der Waals surface area (Å²) in [5, 5.41) is 10.8. The van der Waals surface area contributed by atoms with E-state index in [0.717, 1.165) is 16.8 Å². The largest absolute Gasteiger partial charge is 0.324 e. The first-order chi connectivity index (χ1) is 15.2. The highest BCUT2D eigenvalue weighted by molar-refractivity contribution is 6.03. The molecule has 4 aromatic rings. The van der Waals surface area contributed by atoms with Crippen molar-refractivity contribution in [2.75, 3.05) is 10.6 Å². The SMILES string of the molecule is Cc1ccc([C@@H]2C=C(c3ccccc3)Nc3nc(NC(=O)c4ccccc4)nn32)cc1. The molecule has 152 valence electrons. The molecule has 1 aliphatic rings. The topological polar surface area (TPSA) is 71.8 Å². The standard InChI is InChI=1S/C25H21N5O/c1-17-12-14-19(15-13-17)22-16-21(18-8-4-2-5-9-18)26-25-28-24(29-30(22)25)27-23(31)20-10-6-3-7-11-20/h2-16,22H,1H3,(H2,26,27,28,29,31)/t22-/m0/s1. The first kappa shape index (κ1) is 18.8. The summed E-state index contributed by atoms with van der Waals surface area (Å²) >= 11 is 0. The third kappa shape index (κ3) is 3.83. The second kappa shape index (κ2) is 7.91. The first-order valence-corrected chi connectivity index (χ1v) is 10.1. The number of hydrogen-bond donors (Lipinski definition) is 2. The number of carbonyl (C=O) groups excluding carboxylic acids is 1. The zero-order valence-corrected chi connectivity index (χ0v) is 17.0. The maximum absolute atomic E-state index is 12.6. The Balaban J connectivity index is 1.51. The summed E-state index contributed by atoms with van der Waals surface area (Å²) in [6.45, 7) is 2.07. The van der Waals surface area contributed by atoms with Crippen molar-refractivity contribution in [2.24, 2.45) is 0 Å². The molecule has 0 fully saturated rings. The van der Waals surface area contributed by atoms with Gasteiger partial charge in [-0.25, -0.2) is 4.68 Å². The van der Waals surface area contributed by atoms with Crippen LogP contribution in [0, 0.1) is 6.92 Å². The van der Waals surface area contributed by atoms with Crippen LogP contribution in [0.5, 0.6) is 0 Å². The molecule has 0 bridgehead atoms. The zero-order chi connectivity index (χ0) is 21.2. The van der Waals surface area contributed by atoms with Crippen LogP contribution in [0.4, 0.5) is 11.9 Å². The van der Waals surface area contributed by atoms with Crippen molar-refractivity contribution in [3.8, 4) is 0 Å². The number of nitrogens with one attached hydrogen (secondary N) is 2. The Kier molecular flexibility index (Phi) is 4.80. The molecule has 31 heavy (non-hydrogen) atoms. The van der Waals surface area contributed by atoms with Crippen molar-refractivity contribution in [1.29, 1.82) is 0 Å². The van der Waals surface area contributed by atoms with Crippen LogP contribution in [0.2, 0.25) is 0 Å². The van der Waals surface area contributed by atoms with Crippen LogP contribution in [0.25, 0.3) is 5.70 Å². The summed E-state index contributed by atoms with van der Waals surface area (Å²) < 4.78 is 1.80. The van der Waals surface area contributed by atoms with Crippen molar-refractivity contribution in [3.63, 3.8) is 0 Å². The molecule has 5 rings (SSSR count). The number of aromatic nitrogens is 3. The maximum Gasteiger partial charge on any atom is 0.258 e. The Morgan fingerprint density at radius 3 is 2.32 bits per heavy atom. The lowest BCUT2D eigenvalue weighted by molar-refractivity contribution is 0.102. The van der Waals surface area contributed by atoms with Crippen molar-refractivity contribution in [1.82, 2.24) is 14.8 Å². The number of nitrogens with zero attached hydrogens (tertiary/aromatic N) is 3. The summed E-state index contributed by atoms with van der Waals surface area (Å²) in [6.07, 6.45) is 2.13. The van der Waals surface area contributed by atoms with Gasteiger partial charge in [-0.2, -0.15) is 4.98 Å². The molecule has 3 aromatic carbocycles. The number of aryl methyl sites for hydroxylation is 1. The molecular weight excluding hydrogens is 386 g/mol. The van der Waals surface area contributed by atoms with E-state index in [4.69, 9.17) is 0 Å². The van der Waals surface area contributed by atoms with Crippen LogP contribution in [-0.4, -0.2) is 20.7 Å². The van der Waals surface area contributed by atoms with Crippen LogP contribution >= 0.6 is 0 Å². The molecule has 6 heteroatoms. The average Bonchev–Trinajstić information content (AvgIpc) is 3.22. The van der Waals surface area contributed by atoms with Gasteiger partial charge in [0.15, 0.2) is 0 Å². The van der Waals surface area contributed by atoms with Crippen LogP contribution in [0.3, 0.4) is 0 Å². The summed E-state index contributed by atoms with van der Waals surface area (Å²) in [7, 11) is 0. The molecule has 6 nitrogen and oxygen atoms in total. The summed E-state index contributed by atoms with van der Waals surface area (Å²) in [5.41, 5.74) is 4.85. The van der Waals surface area contributed by atoms with E-state index in [1.54, 1.807) is 16.8 Å². The fourth-order valence-electron chi connectivity index (χ4n) is 3.60. The smallest absolute Gasteiger partial charge is 0.258 e. The van der Waals surface area contributed by atoms with Crippen molar-refractivity contribution < 1.29 is 4.79 Å². The molecule has 2 N–H and O–H groups in total. The molecule has 0 unspecified atom stereocenters. The predicted octanol–water partition coefficient (Wildman–Crippen LogP) is 4.89. The minimum Gasteiger partial charge on any atom is -0.324 e. The van der Waals surface area contributed by atoms with E-state index in [-0.39, 0.29) is 17.9 Å². The second-order valence-corrected chi connectivity index (χ2v) is 7.45. The quantitative estimate of drug-likeness (QED) is 0.505. The Labute approximate surface area is 180 Å². The lowest BCUT2D eigenvalue weighted by atomic mass is 10.0. The monoisotopic (exact) mass is 407 g/mol. The van der Waals surface area contributed by atoms with Gasteiger partial charge in [-0.1, -0.05) is 78.4 Å². The minimum atomic E-state index is -0.244. The van der Waals surface area contributed by atoms with Gasteiger partial charge >= 0.3 is 0 Å². The van der Waals surface area contributed by atoms with Gasteiger partial charge in [-0.05, 0) is 36.3 Å². The van der Waals surface area contributed by atoms with Gasteiger partial charge in [-0.3, -0.25) is 10.1 Å². The van der Waals surface area contributed by atoms with Crippen LogP contribution in [0.1, 0.15) is 33.1 Å². The zero-order valence-electron chi connectivity index (χ0n) is 17.0. The van der Waals surface area contributed by atoms with Crippen molar-refractivity contribution in [2.45, 2.75) is 13.0 Å². The third-order valence-corrected chi connectivity index (χ3v) is 5.23. The van der Waals surface area contributed by atoms with Crippen LogP contribution < -0.4 is 10.6 Å². The number of anilines is 2. The normalized spacial score (nSPS) is 14.9. The van der Waals surface area contributed by atoms with Gasteiger partial charge in [0.1, 0.15) is 6.04 Å². The molecular formula is C25H21N5O. The Morgan fingerprint density at radius 2 is 1.61 bits per heavy atom. The van der Waals surface area contributed by atoms with E-state index in [1.807, 2.05) is 36.4 Å². The number of hydrogen-bond acceptors (Lipinski definition) is 4. The first-order valence-electron chi connectivity index (χ1n) is 10.1. The van der Waals surface area contributed by atoms with E-state index >= 15 is 0 Å². The molecule has 1 aromatic heterocycles. The van der Waals surface area contributed by atoms with Crippen molar-refractivity contribution in [3.05, 3.63) is 113 Å². The molecule has 0 aliphatic carbocycles. The van der Waals surface area contributed by atoms with E-state index in [1.165, 1.54) is 5.56 Å². The van der Waals surface area contributed by atoms with E-state index < -0.39 is 0 Å². The van der Waals surface area contributed by atoms with Gasteiger partial charge in [0.05, 0.1) is 0 Å². The van der Waals surface area contributed by atoms with E-state index in [2.05, 4.69) is 70.1 Å². The summed E-state index contributed by atoms with van der Waals surface area (Å²) in [6, 6.07) is 27.3. The number of benzene rings is 3. The summed E-state index contributed by atoms with van der Waals surface area (Å²) in [4.78, 5) is 17.1. The van der Waals surface area contributed by atoms with Gasteiger partial charge < -0.3 is 5.32 Å². The highest BCUT2D eigenvalue weighted by Gasteiger charge is 2.25. The van der Waals surface area contributed by atoms with E-state index in [9.17, 15) is 4.79 Å². The molecule has 0 radical (unpaired) electrons. The number of amides is 1. The molecule has 1 atom stereocenters. The average molecular weight is 407 g/mol. The number of fused-ring (bicyclic) bond motifs is 1. The predicted molar refractivity (Wildman–Crippen MR) is 122 cm³/mol. The van der Waals surface area contributed by atoms with Gasteiger partial charge in [-0.15, -0.1) is 5.10 Å². The molecule has 0 saturated heterocycles. The molecule has 0 spiro atoms. The van der Waals surface area contributed by atoms with E-state index in [0.29, 0.717) is 11.5 Å². The Bertz CT molecular complexity index is 1240.